The van der Waals surface area contributed by atoms with Crippen LogP contribution in [0.3, 0.4) is 0 Å². The standard InChI is InChI=1S/C17H24N2O2/c1-17(12-21-13-17)16(20)18-15-6-4-14(5-7-15)8-11-19-9-2-3-10-19/h4-7H,2-3,8-13H2,1H3,(H,18,20). The van der Waals surface area contributed by atoms with Crippen LogP contribution in [-0.2, 0) is 16.0 Å². The highest BCUT2D eigenvalue weighted by molar-refractivity contribution is 5.95. The molecule has 1 aromatic carbocycles. The molecule has 114 valence electrons. The topological polar surface area (TPSA) is 41.6 Å². The van der Waals surface area contributed by atoms with Crippen molar-refractivity contribution in [3.05, 3.63) is 29.8 Å². The molecule has 4 nitrogen and oxygen atoms in total. The second-order valence-corrected chi connectivity index (χ2v) is 6.50. The van der Waals surface area contributed by atoms with Crippen LogP contribution in [0.5, 0.6) is 0 Å². The molecule has 1 N–H and O–H groups in total. The number of rotatable bonds is 5. The normalized spacial score (nSPS) is 21.0. The first-order valence-electron chi connectivity index (χ1n) is 7.86. The summed E-state index contributed by atoms with van der Waals surface area (Å²) >= 11 is 0. The fourth-order valence-electron chi connectivity index (χ4n) is 2.87. The highest BCUT2D eigenvalue weighted by atomic mass is 16.5. The zero-order valence-corrected chi connectivity index (χ0v) is 12.7. The lowest BCUT2D eigenvalue weighted by molar-refractivity contribution is -0.151. The Morgan fingerprint density at radius 1 is 1.24 bits per heavy atom. The largest absolute Gasteiger partial charge is 0.379 e. The van der Waals surface area contributed by atoms with Gasteiger partial charge in [0.15, 0.2) is 0 Å². The summed E-state index contributed by atoms with van der Waals surface area (Å²) in [5.74, 6) is 0.0542. The maximum atomic E-state index is 12.1. The predicted octanol–water partition coefficient (Wildman–Crippen LogP) is 2.30. The van der Waals surface area contributed by atoms with E-state index in [4.69, 9.17) is 4.74 Å². The van der Waals surface area contributed by atoms with Gasteiger partial charge < -0.3 is 15.0 Å². The highest BCUT2D eigenvalue weighted by Crippen LogP contribution is 2.28. The van der Waals surface area contributed by atoms with Gasteiger partial charge in [0.25, 0.3) is 0 Å². The monoisotopic (exact) mass is 288 g/mol. The number of benzene rings is 1. The Labute approximate surface area is 126 Å². The molecule has 4 heteroatoms. The van der Waals surface area contributed by atoms with E-state index in [0.717, 1.165) is 18.7 Å². The molecule has 0 radical (unpaired) electrons. The third-order valence-corrected chi connectivity index (χ3v) is 4.52. The van der Waals surface area contributed by atoms with Gasteiger partial charge in [0.1, 0.15) is 0 Å². The number of carbonyl (C=O) groups is 1. The Hall–Kier alpha value is -1.39. The van der Waals surface area contributed by atoms with Crippen molar-refractivity contribution in [2.24, 2.45) is 5.41 Å². The van der Waals surface area contributed by atoms with Crippen molar-refractivity contribution in [2.45, 2.75) is 26.2 Å². The Morgan fingerprint density at radius 2 is 1.90 bits per heavy atom. The third kappa shape index (κ3) is 3.44. The lowest BCUT2D eigenvalue weighted by atomic mass is 9.87. The van der Waals surface area contributed by atoms with Gasteiger partial charge >= 0.3 is 0 Å². The van der Waals surface area contributed by atoms with Crippen molar-refractivity contribution in [3.8, 4) is 0 Å². The molecule has 3 rings (SSSR count). The minimum absolute atomic E-state index is 0.0542. The Balaban J connectivity index is 1.50. The number of hydrogen-bond acceptors (Lipinski definition) is 3. The van der Waals surface area contributed by atoms with Crippen LogP contribution in [0.25, 0.3) is 0 Å². The van der Waals surface area contributed by atoms with Crippen molar-refractivity contribution < 1.29 is 9.53 Å². The lowest BCUT2D eigenvalue weighted by Gasteiger charge is -2.36. The van der Waals surface area contributed by atoms with Crippen molar-refractivity contribution in [2.75, 3.05) is 38.2 Å². The molecule has 2 aliphatic rings. The van der Waals surface area contributed by atoms with Crippen LogP contribution in [0.2, 0.25) is 0 Å². The van der Waals surface area contributed by atoms with Crippen LogP contribution in [0.1, 0.15) is 25.3 Å². The first kappa shape index (κ1) is 14.5. The van der Waals surface area contributed by atoms with E-state index in [1.165, 1.54) is 31.5 Å². The Kier molecular flexibility index (Phi) is 4.27. The average Bonchev–Trinajstić information content (AvgIpc) is 2.97. The van der Waals surface area contributed by atoms with Gasteiger partial charge in [-0.15, -0.1) is 0 Å². The van der Waals surface area contributed by atoms with Gasteiger partial charge in [-0.1, -0.05) is 12.1 Å². The molecule has 1 aromatic rings. The molecule has 2 heterocycles. The molecule has 21 heavy (non-hydrogen) atoms. The predicted molar refractivity (Wildman–Crippen MR) is 83.4 cm³/mol. The maximum absolute atomic E-state index is 12.1. The number of likely N-dealkylation sites (tertiary alicyclic amines) is 1. The van der Waals surface area contributed by atoms with Crippen LogP contribution in [-0.4, -0.2) is 43.7 Å². The van der Waals surface area contributed by atoms with Crippen LogP contribution < -0.4 is 5.32 Å². The van der Waals surface area contributed by atoms with Gasteiger partial charge in [-0.3, -0.25) is 4.79 Å². The van der Waals surface area contributed by atoms with Crippen molar-refractivity contribution in [3.63, 3.8) is 0 Å². The molecule has 0 unspecified atom stereocenters. The molecule has 0 spiro atoms. The van der Waals surface area contributed by atoms with Crippen molar-refractivity contribution in [1.82, 2.24) is 4.90 Å². The maximum Gasteiger partial charge on any atom is 0.234 e. The van der Waals surface area contributed by atoms with Crippen molar-refractivity contribution in [1.29, 1.82) is 0 Å². The average molecular weight is 288 g/mol. The fourth-order valence-corrected chi connectivity index (χ4v) is 2.87. The number of anilines is 1. The molecule has 1 amide bonds. The summed E-state index contributed by atoms with van der Waals surface area (Å²) in [4.78, 5) is 14.6. The number of carbonyl (C=O) groups excluding carboxylic acids is 1. The van der Waals surface area contributed by atoms with E-state index in [1.807, 2.05) is 19.1 Å². The molecule has 0 aromatic heterocycles. The number of amides is 1. The van der Waals surface area contributed by atoms with E-state index >= 15 is 0 Å². The third-order valence-electron chi connectivity index (χ3n) is 4.52. The van der Waals surface area contributed by atoms with E-state index in [1.54, 1.807) is 0 Å². The lowest BCUT2D eigenvalue weighted by Crippen LogP contribution is -2.49. The van der Waals surface area contributed by atoms with Crippen LogP contribution in [0.15, 0.2) is 24.3 Å². The summed E-state index contributed by atoms with van der Waals surface area (Å²) in [7, 11) is 0. The van der Waals surface area contributed by atoms with Gasteiger partial charge in [0.05, 0.1) is 18.6 Å². The first-order chi connectivity index (χ1) is 10.2. The molecule has 2 aliphatic heterocycles. The van der Waals surface area contributed by atoms with Gasteiger partial charge in [0, 0.05) is 12.2 Å². The van der Waals surface area contributed by atoms with E-state index < -0.39 is 0 Å². The SMILES string of the molecule is CC1(C(=O)Nc2ccc(CCN3CCCC3)cc2)COC1. The zero-order chi connectivity index (χ0) is 14.7. The smallest absolute Gasteiger partial charge is 0.234 e. The summed E-state index contributed by atoms with van der Waals surface area (Å²) in [5, 5.41) is 2.98. The van der Waals surface area contributed by atoms with E-state index in [0.29, 0.717) is 13.2 Å². The molecular weight excluding hydrogens is 264 g/mol. The van der Waals surface area contributed by atoms with E-state index in [2.05, 4.69) is 22.3 Å². The number of nitrogens with one attached hydrogen (secondary N) is 1. The molecular formula is C17H24N2O2. The second-order valence-electron chi connectivity index (χ2n) is 6.50. The Morgan fingerprint density at radius 3 is 2.48 bits per heavy atom. The molecule has 0 aliphatic carbocycles. The van der Waals surface area contributed by atoms with Crippen LogP contribution in [0, 0.1) is 5.41 Å². The van der Waals surface area contributed by atoms with Crippen LogP contribution in [0.4, 0.5) is 5.69 Å². The summed E-state index contributed by atoms with van der Waals surface area (Å²) < 4.78 is 5.13. The van der Waals surface area contributed by atoms with Gasteiger partial charge in [0.2, 0.25) is 5.91 Å². The summed E-state index contributed by atoms with van der Waals surface area (Å²) in [6.07, 6.45) is 3.76. The Bertz CT molecular complexity index is 488. The van der Waals surface area contributed by atoms with Gasteiger partial charge in [-0.2, -0.15) is 0 Å². The molecule has 0 bridgehead atoms. The quantitative estimate of drug-likeness (QED) is 0.904. The van der Waals surface area contributed by atoms with Gasteiger partial charge in [-0.25, -0.2) is 0 Å². The number of ether oxygens (including phenoxy) is 1. The first-order valence-corrected chi connectivity index (χ1v) is 7.86. The summed E-state index contributed by atoms with van der Waals surface area (Å²) in [6.45, 7) is 6.61. The molecule has 0 saturated carbocycles. The van der Waals surface area contributed by atoms with Gasteiger partial charge in [-0.05, 0) is 57.0 Å². The number of hydrogen-bond donors (Lipinski definition) is 1. The zero-order valence-electron chi connectivity index (χ0n) is 12.7. The summed E-state index contributed by atoms with van der Waals surface area (Å²) in [5.41, 5.74) is 1.85. The highest BCUT2D eigenvalue weighted by Gasteiger charge is 2.41. The summed E-state index contributed by atoms with van der Waals surface area (Å²) in [6, 6.07) is 8.23. The number of nitrogens with zero attached hydrogens (tertiary/aromatic N) is 1. The van der Waals surface area contributed by atoms with Crippen LogP contribution >= 0.6 is 0 Å². The minimum atomic E-state index is -0.353. The molecule has 2 saturated heterocycles. The molecule has 0 atom stereocenters. The van der Waals surface area contributed by atoms with E-state index in [9.17, 15) is 4.79 Å². The molecule has 2 fully saturated rings. The van der Waals surface area contributed by atoms with E-state index in [-0.39, 0.29) is 11.3 Å². The van der Waals surface area contributed by atoms with Crippen molar-refractivity contribution >= 4 is 11.6 Å². The minimum Gasteiger partial charge on any atom is -0.379 e. The second kappa shape index (κ2) is 6.16. The fraction of sp³-hybridized carbons (Fsp3) is 0.588.